The average molecular weight is 169 g/mol. The molecule has 0 aromatic carbocycles. The Labute approximate surface area is 70.3 Å². The van der Waals surface area contributed by atoms with Crippen molar-refractivity contribution in [2.45, 2.75) is 13.5 Å². The molecule has 0 saturated carbocycles. The van der Waals surface area contributed by atoms with Gasteiger partial charge in [0.2, 0.25) is 5.91 Å². The number of hydroxylamine groups is 1. The number of hydrogen-bond donors (Lipinski definition) is 1. The van der Waals surface area contributed by atoms with Crippen LogP contribution in [-0.2, 0) is 23.3 Å². The van der Waals surface area contributed by atoms with Gasteiger partial charge in [-0.05, 0) is 0 Å². The molecular weight excluding hydrogens is 158 g/mol. The maximum atomic E-state index is 10.4. The smallest absolute Gasteiger partial charge is 0.240 e. The number of nitrogens with zero attached hydrogens (tertiary/aromatic N) is 2. The Hall–Kier alpha value is -1.36. The van der Waals surface area contributed by atoms with E-state index in [9.17, 15) is 4.79 Å². The number of rotatable bonds is 3. The fraction of sp³-hybridized carbons (Fsp3) is 0.429. The molecular formula is C7H11N3O2. The highest BCUT2D eigenvalue weighted by Gasteiger charge is 1.96. The van der Waals surface area contributed by atoms with Crippen molar-refractivity contribution < 1.29 is 9.63 Å². The quantitative estimate of drug-likeness (QED) is 0.647. The standard InChI is InChI=1S/C7H11N3O2/c1-6(11)9-12-5-7-3-8-10(2)4-7/h3-4H,5H2,1-2H3,(H,9,11). The van der Waals surface area contributed by atoms with Crippen LogP contribution in [0.3, 0.4) is 0 Å². The Morgan fingerprint density at radius 1 is 1.83 bits per heavy atom. The monoisotopic (exact) mass is 169 g/mol. The maximum Gasteiger partial charge on any atom is 0.240 e. The molecule has 0 bridgehead atoms. The lowest BCUT2D eigenvalue weighted by Gasteiger charge is -1.99. The Morgan fingerprint density at radius 3 is 3.08 bits per heavy atom. The fourth-order valence-electron chi connectivity index (χ4n) is 0.767. The van der Waals surface area contributed by atoms with Crippen molar-refractivity contribution in [2.75, 3.05) is 0 Å². The lowest BCUT2D eigenvalue weighted by Crippen LogP contribution is -2.19. The molecule has 0 atom stereocenters. The Balaban J connectivity index is 2.29. The van der Waals surface area contributed by atoms with Crippen molar-refractivity contribution in [1.82, 2.24) is 15.3 Å². The molecule has 1 aromatic rings. The number of hydrogen-bond acceptors (Lipinski definition) is 3. The van der Waals surface area contributed by atoms with Crippen LogP contribution in [0.15, 0.2) is 12.4 Å². The summed E-state index contributed by atoms with van der Waals surface area (Å²) in [6, 6.07) is 0. The van der Waals surface area contributed by atoms with Gasteiger partial charge in [0.05, 0.1) is 6.20 Å². The number of amides is 1. The van der Waals surface area contributed by atoms with Crippen molar-refractivity contribution in [2.24, 2.45) is 7.05 Å². The summed E-state index contributed by atoms with van der Waals surface area (Å²) in [5.74, 6) is -0.209. The van der Waals surface area contributed by atoms with Crippen molar-refractivity contribution >= 4 is 5.91 Å². The third kappa shape index (κ3) is 2.71. The lowest BCUT2D eigenvalue weighted by atomic mass is 10.4. The van der Waals surface area contributed by atoms with Crippen molar-refractivity contribution in [3.8, 4) is 0 Å². The minimum Gasteiger partial charge on any atom is -0.275 e. The summed E-state index contributed by atoms with van der Waals surface area (Å²) in [5, 5.41) is 3.94. The zero-order chi connectivity index (χ0) is 8.97. The summed E-state index contributed by atoms with van der Waals surface area (Å²) >= 11 is 0. The molecule has 0 saturated heterocycles. The van der Waals surface area contributed by atoms with Crippen molar-refractivity contribution in [3.63, 3.8) is 0 Å². The van der Waals surface area contributed by atoms with Crippen LogP contribution in [0.2, 0.25) is 0 Å². The van der Waals surface area contributed by atoms with Gasteiger partial charge in [0.25, 0.3) is 0 Å². The summed E-state index contributed by atoms with van der Waals surface area (Å²) in [4.78, 5) is 15.2. The molecule has 0 fully saturated rings. The topological polar surface area (TPSA) is 56.1 Å². The Kier molecular flexibility index (Phi) is 2.82. The first kappa shape index (κ1) is 8.73. The van der Waals surface area contributed by atoms with Crippen LogP contribution < -0.4 is 5.48 Å². The van der Waals surface area contributed by atoms with Crippen LogP contribution >= 0.6 is 0 Å². The van der Waals surface area contributed by atoms with Crippen LogP contribution in [0.4, 0.5) is 0 Å². The van der Waals surface area contributed by atoms with E-state index in [0.29, 0.717) is 6.61 Å². The molecule has 12 heavy (non-hydrogen) atoms. The summed E-state index contributed by atoms with van der Waals surface area (Å²) < 4.78 is 1.67. The first-order valence-electron chi connectivity index (χ1n) is 3.54. The first-order valence-corrected chi connectivity index (χ1v) is 3.54. The van der Waals surface area contributed by atoms with Crippen LogP contribution in [0.25, 0.3) is 0 Å². The van der Waals surface area contributed by atoms with E-state index < -0.39 is 0 Å². The van der Waals surface area contributed by atoms with E-state index in [0.717, 1.165) is 5.56 Å². The minimum absolute atomic E-state index is 0.209. The van der Waals surface area contributed by atoms with E-state index in [2.05, 4.69) is 10.6 Å². The number of aromatic nitrogens is 2. The highest BCUT2D eigenvalue weighted by Crippen LogP contribution is 1.96. The predicted octanol–water partition coefficient (Wildman–Crippen LogP) is -0.0122. The number of carbonyl (C=O) groups excluding carboxylic acids is 1. The molecule has 0 unspecified atom stereocenters. The summed E-state index contributed by atoms with van der Waals surface area (Å²) in [6.07, 6.45) is 3.50. The van der Waals surface area contributed by atoms with Gasteiger partial charge in [0.1, 0.15) is 6.61 Å². The molecule has 66 valence electrons. The third-order valence-electron chi connectivity index (χ3n) is 1.21. The molecule has 0 aliphatic carbocycles. The average Bonchev–Trinajstić information content (AvgIpc) is 2.35. The van der Waals surface area contributed by atoms with Gasteiger partial charge in [-0.15, -0.1) is 0 Å². The van der Waals surface area contributed by atoms with Crippen LogP contribution in [-0.4, -0.2) is 15.7 Å². The third-order valence-corrected chi connectivity index (χ3v) is 1.21. The van der Waals surface area contributed by atoms with Gasteiger partial charge in [-0.1, -0.05) is 0 Å². The molecule has 1 heterocycles. The van der Waals surface area contributed by atoms with Gasteiger partial charge in [0.15, 0.2) is 0 Å². The molecule has 0 aliphatic rings. The first-order chi connectivity index (χ1) is 5.68. The Bertz CT molecular complexity index is 269. The second-order valence-electron chi connectivity index (χ2n) is 2.47. The highest BCUT2D eigenvalue weighted by atomic mass is 16.6. The second kappa shape index (κ2) is 3.87. The number of nitrogens with one attached hydrogen (secondary N) is 1. The number of carbonyl (C=O) groups is 1. The highest BCUT2D eigenvalue weighted by molar-refractivity contribution is 5.71. The zero-order valence-corrected chi connectivity index (χ0v) is 7.07. The van der Waals surface area contributed by atoms with Crippen LogP contribution in [0.5, 0.6) is 0 Å². The normalized spacial score (nSPS) is 9.83. The lowest BCUT2D eigenvalue weighted by molar-refractivity contribution is -0.132. The SMILES string of the molecule is CC(=O)NOCc1cnn(C)c1. The van der Waals surface area contributed by atoms with Gasteiger partial charge in [0, 0.05) is 25.7 Å². The molecule has 1 rings (SSSR count). The fourth-order valence-corrected chi connectivity index (χ4v) is 0.767. The summed E-state index contributed by atoms with van der Waals surface area (Å²) in [7, 11) is 1.82. The van der Waals surface area contributed by atoms with Crippen LogP contribution in [0.1, 0.15) is 12.5 Å². The molecule has 5 nitrogen and oxygen atoms in total. The molecule has 0 radical (unpaired) electrons. The summed E-state index contributed by atoms with van der Waals surface area (Å²) in [5.41, 5.74) is 3.15. The molecule has 1 aromatic heterocycles. The maximum absolute atomic E-state index is 10.4. The Morgan fingerprint density at radius 2 is 2.58 bits per heavy atom. The molecule has 1 amide bonds. The van der Waals surface area contributed by atoms with Crippen LogP contribution in [0, 0.1) is 0 Å². The van der Waals surface area contributed by atoms with Gasteiger partial charge in [-0.3, -0.25) is 14.3 Å². The van der Waals surface area contributed by atoms with E-state index in [1.54, 1.807) is 10.9 Å². The van der Waals surface area contributed by atoms with Gasteiger partial charge in [-0.2, -0.15) is 5.10 Å². The van der Waals surface area contributed by atoms with E-state index >= 15 is 0 Å². The van der Waals surface area contributed by atoms with Crippen molar-refractivity contribution in [1.29, 1.82) is 0 Å². The van der Waals surface area contributed by atoms with E-state index in [1.165, 1.54) is 6.92 Å². The minimum atomic E-state index is -0.209. The largest absolute Gasteiger partial charge is 0.275 e. The van der Waals surface area contributed by atoms with Gasteiger partial charge < -0.3 is 0 Å². The molecule has 1 N–H and O–H groups in total. The van der Waals surface area contributed by atoms with Gasteiger partial charge >= 0.3 is 0 Å². The van der Waals surface area contributed by atoms with E-state index in [-0.39, 0.29) is 5.91 Å². The zero-order valence-electron chi connectivity index (χ0n) is 7.07. The van der Waals surface area contributed by atoms with E-state index in [4.69, 9.17) is 4.84 Å². The molecule has 5 heteroatoms. The van der Waals surface area contributed by atoms with E-state index in [1.807, 2.05) is 13.2 Å². The predicted molar refractivity (Wildman–Crippen MR) is 41.8 cm³/mol. The molecule has 0 spiro atoms. The molecule has 0 aliphatic heterocycles. The van der Waals surface area contributed by atoms with Gasteiger partial charge in [-0.25, -0.2) is 5.48 Å². The van der Waals surface area contributed by atoms with Crippen molar-refractivity contribution in [3.05, 3.63) is 18.0 Å². The second-order valence-corrected chi connectivity index (χ2v) is 2.47. The number of aryl methyl sites for hydroxylation is 1. The summed E-state index contributed by atoms with van der Waals surface area (Å²) in [6.45, 7) is 1.73.